The molecule has 3 unspecified atom stereocenters. The van der Waals surface area contributed by atoms with E-state index in [1.165, 1.54) is 24.4 Å². The fraction of sp³-hybridized carbons (Fsp3) is 0.750. The van der Waals surface area contributed by atoms with Gasteiger partial charge in [-0.1, -0.05) is 6.92 Å². The maximum Gasteiger partial charge on any atom is 0.0925 e. The molecule has 88 valence electrons. The van der Waals surface area contributed by atoms with E-state index in [-0.39, 0.29) is 0 Å². The Labute approximate surface area is 96.2 Å². The average molecular weight is 220 g/mol. The Bertz CT molecular complexity index is 360. The molecule has 1 fully saturated rings. The van der Waals surface area contributed by atoms with Gasteiger partial charge < -0.3 is 15.6 Å². The van der Waals surface area contributed by atoms with E-state index in [4.69, 9.17) is 0 Å². The summed E-state index contributed by atoms with van der Waals surface area (Å²) in [7, 11) is 0. The molecule has 4 heteroatoms. The van der Waals surface area contributed by atoms with Crippen LogP contribution in [0.15, 0.2) is 6.33 Å². The predicted molar refractivity (Wildman–Crippen MR) is 63.1 cm³/mol. The summed E-state index contributed by atoms with van der Waals surface area (Å²) in [6, 6.07) is 0.546. The summed E-state index contributed by atoms with van der Waals surface area (Å²) in [5, 5.41) is 7.10. The number of nitrogens with one attached hydrogen (secondary N) is 3. The van der Waals surface area contributed by atoms with Gasteiger partial charge in [-0.2, -0.15) is 0 Å². The average Bonchev–Trinajstić information content (AvgIpc) is 2.80. The number of aromatic nitrogens is 2. The molecule has 2 aliphatic rings. The van der Waals surface area contributed by atoms with Gasteiger partial charge in [0, 0.05) is 25.6 Å². The number of hydrogen-bond acceptors (Lipinski definition) is 3. The van der Waals surface area contributed by atoms with Gasteiger partial charge in [0.25, 0.3) is 0 Å². The van der Waals surface area contributed by atoms with Crippen LogP contribution < -0.4 is 10.6 Å². The summed E-state index contributed by atoms with van der Waals surface area (Å²) >= 11 is 0. The Kier molecular flexibility index (Phi) is 2.69. The van der Waals surface area contributed by atoms with Crippen molar-refractivity contribution in [1.29, 1.82) is 0 Å². The van der Waals surface area contributed by atoms with Gasteiger partial charge in [-0.15, -0.1) is 0 Å². The molecule has 0 amide bonds. The largest absolute Gasteiger partial charge is 0.347 e. The molecule has 3 N–H and O–H groups in total. The summed E-state index contributed by atoms with van der Waals surface area (Å²) in [5.41, 5.74) is 2.50. The van der Waals surface area contributed by atoms with Crippen molar-refractivity contribution in [2.45, 2.75) is 32.4 Å². The fourth-order valence-corrected chi connectivity index (χ4v) is 2.50. The van der Waals surface area contributed by atoms with Gasteiger partial charge in [0.2, 0.25) is 0 Å². The molecule has 0 spiro atoms. The smallest absolute Gasteiger partial charge is 0.0925 e. The lowest BCUT2D eigenvalue weighted by molar-refractivity contribution is 0.435. The van der Waals surface area contributed by atoms with Crippen LogP contribution in [-0.4, -0.2) is 29.1 Å². The first kappa shape index (κ1) is 10.3. The van der Waals surface area contributed by atoms with Crippen molar-refractivity contribution in [3.63, 3.8) is 0 Å². The van der Waals surface area contributed by atoms with E-state index in [2.05, 4.69) is 27.5 Å². The first-order chi connectivity index (χ1) is 7.83. The monoisotopic (exact) mass is 220 g/mol. The second-order valence-electron chi connectivity index (χ2n) is 5.24. The summed E-state index contributed by atoms with van der Waals surface area (Å²) < 4.78 is 0. The Morgan fingerprint density at radius 1 is 1.50 bits per heavy atom. The van der Waals surface area contributed by atoms with Crippen LogP contribution in [0.3, 0.4) is 0 Å². The minimum absolute atomic E-state index is 0.546. The van der Waals surface area contributed by atoms with Gasteiger partial charge in [-0.05, 0) is 24.8 Å². The number of aromatic amines is 1. The van der Waals surface area contributed by atoms with E-state index < -0.39 is 0 Å². The Balaban J connectivity index is 1.43. The SMILES string of the molecule is CC1CC1CNCC1Cc2nc[nH]c2CN1. The number of fused-ring (bicyclic) bond motifs is 1. The van der Waals surface area contributed by atoms with Crippen LogP contribution >= 0.6 is 0 Å². The minimum atomic E-state index is 0.546. The molecule has 0 saturated heterocycles. The lowest BCUT2D eigenvalue weighted by Crippen LogP contribution is -2.43. The molecule has 0 aromatic carbocycles. The summed E-state index contributed by atoms with van der Waals surface area (Å²) in [4.78, 5) is 7.53. The Hall–Kier alpha value is -0.870. The van der Waals surface area contributed by atoms with Crippen LogP contribution in [0.4, 0.5) is 0 Å². The minimum Gasteiger partial charge on any atom is -0.347 e. The van der Waals surface area contributed by atoms with Crippen LogP contribution in [0.5, 0.6) is 0 Å². The molecule has 2 heterocycles. The van der Waals surface area contributed by atoms with Crippen molar-refractivity contribution in [3.05, 3.63) is 17.7 Å². The van der Waals surface area contributed by atoms with E-state index in [0.717, 1.165) is 31.3 Å². The van der Waals surface area contributed by atoms with E-state index in [0.29, 0.717) is 6.04 Å². The van der Waals surface area contributed by atoms with Gasteiger partial charge in [-0.25, -0.2) is 4.98 Å². The normalized spacial score (nSPS) is 32.4. The van der Waals surface area contributed by atoms with Gasteiger partial charge in [-0.3, -0.25) is 0 Å². The predicted octanol–water partition coefficient (Wildman–Crippen LogP) is 0.670. The van der Waals surface area contributed by atoms with E-state index in [1.54, 1.807) is 6.33 Å². The van der Waals surface area contributed by atoms with Gasteiger partial charge in [0.15, 0.2) is 0 Å². The summed E-state index contributed by atoms with van der Waals surface area (Å²) in [6.07, 6.45) is 4.26. The molecule has 1 saturated carbocycles. The number of rotatable bonds is 4. The zero-order valence-corrected chi connectivity index (χ0v) is 9.79. The molecule has 1 aliphatic heterocycles. The van der Waals surface area contributed by atoms with Crippen LogP contribution in [0.2, 0.25) is 0 Å². The third kappa shape index (κ3) is 2.13. The maximum atomic E-state index is 4.35. The first-order valence-corrected chi connectivity index (χ1v) is 6.28. The standard InChI is InChI=1S/C12H20N4/c1-8-2-9(8)4-13-5-10-3-11-12(6-14-10)16-7-15-11/h7-10,13-14H,2-6H2,1H3,(H,15,16). The molecule has 4 nitrogen and oxygen atoms in total. The number of hydrogen-bond donors (Lipinski definition) is 3. The van der Waals surface area contributed by atoms with E-state index >= 15 is 0 Å². The Morgan fingerprint density at radius 3 is 3.19 bits per heavy atom. The third-order valence-corrected chi connectivity index (χ3v) is 3.89. The molecule has 1 aliphatic carbocycles. The third-order valence-electron chi connectivity index (χ3n) is 3.89. The number of imidazole rings is 1. The molecule has 1 aromatic heterocycles. The van der Waals surface area contributed by atoms with Gasteiger partial charge in [0.05, 0.1) is 17.7 Å². The molecule has 16 heavy (non-hydrogen) atoms. The topological polar surface area (TPSA) is 52.7 Å². The van der Waals surface area contributed by atoms with Crippen molar-refractivity contribution in [1.82, 2.24) is 20.6 Å². The van der Waals surface area contributed by atoms with Crippen LogP contribution in [0, 0.1) is 11.8 Å². The lowest BCUT2D eigenvalue weighted by Gasteiger charge is -2.23. The Morgan fingerprint density at radius 2 is 2.38 bits per heavy atom. The molecule has 0 radical (unpaired) electrons. The van der Waals surface area contributed by atoms with Crippen LogP contribution in [0.1, 0.15) is 24.7 Å². The molecule has 3 rings (SSSR count). The quantitative estimate of drug-likeness (QED) is 0.699. The highest BCUT2D eigenvalue weighted by atomic mass is 15.0. The fourth-order valence-electron chi connectivity index (χ4n) is 2.50. The van der Waals surface area contributed by atoms with Crippen LogP contribution in [0.25, 0.3) is 0 Å². The van der Waals surface area contributed by atoms with Crippen molar-refractivity contribution >= 4 is 0 Å². The zero-order valence-electron chi connectivity index (χ0n) is 9.79. The van der Waals surface area contributed by atoms with Crippen LogP contribution in [-0.2, 0) is 13.0 Å². The van der Waals surface area contributed by atoms with Crippen molar-refractivity contribution < 1.29 is 0 Å². The maximum absolute atomic E-state index is 4.35. The highest BCUT2D eigenvalue weighted by molar-refractivity contribution is 5.15. The van der Waals surface area contributed by atoms with Crippen molar-refractivity contribution in [2.75, 3.05) is 13.1 Å². The molecule has 3 atom stereocenters. The highest BCUT2D eigenvalue weighted by Gasteiger charge is 2.31. The van der Waals surface area contributed by atoms with Crippen molar-refractivity contribution in [2.24, 2.45) is 11.8 Å². The first-order valence-electron chi connectivity index (χ1n) is 6.28. The van der Waals surface area contributed by atoms with Gasteiger partial charge in [0.1, 0.15) is 0 Å². The summed E-state index contributed by atoms with van der Waals surface area (Å²) in [5.74, 6) is 1.88. The molecular formula is C12H20N4. The number of nitrogens with zero attached hydrogens (tertiary/aromatic N) is 1. The van der Waals surface area contributed by atoms with E-state index in [9.17, 15) is 0 Å². The van der Waals surface area contributed by atoms with Crippen molar-refractivity contribution in [3.8, 4) is 0 Å². The highest BCUT2D eigenvalue weighted by Crippen LogP contribution is 2.36. The molecular weight excluding hydrogens is 200 g/mol. The zero-order chi connectivity index (χ0) is 11.0. The lowest BCUT2D eigenvalue weighted by atomic mass is 10.1. The second kappa shape index (κ2) is 4.18. The number of H-pyrrole nitrogens is 1. The van der Waals surface area contributed by atoms with E-state index in [1.807, 2.05) is 0 Å². The molecule has 0 bridgehead atoms. The summed E-state index contributed by atoms with van der Waals surface area (Å²) in [6.45, 7) is 5.52. The molecule has 1 aromatic rings. The van der Waals surface area contributed by atoms with Gasteiger partial charge >= 0.3 is 0 Å². The second-order valence-corrected chi connectivity index (χ2v) is 5.24.